The normalized spacial score (nSPS) is 13.3. The van der Waals surface area contributed by atoms with Crippen molar-refractivity contribution in [3.63, 3.8) is 0 Å². The van der Waals surface area contributed by atoms with Crippen LogP contribution in [0.2, 0.25) is 0 Å². The molecular formula is C24H24N2O3S. The lowest BCUT2D eigenvalue weighted by Gasteiger charge is -2.27. The number of hydrogen-bond donors (Lipinski definition) is 0. The van der Waals surface area contributed by atoms with E-state index < -0.39 is 5.97 Å². The number of aromatic nitrogens is 1. The largest absolute Gasteiger partial charge is 0.461 e. The highest BCUT2D eigenvalue weighted by molar-refractivity contribution is 7.09. The van der Waals surface area contributed by atoms with Gasteiger partial charge in [-0.15, -0.1) is 11.3 Å². The van der Waals surface area contributed by atoms with Gasteiger partial charge in [-0.2, -0.15) is 0 Å². The topological polar surface area (TPSA) is 59.5 Å². The minimum Gasteiger partial charge on any atom is -0.461 e. The summed E-state index contributed by atoms with van der Waals surface area (Å²) in [5, 5.41) is 2.45. The highest BCUT2D eigenvalue weighted by Crippen LogP contribution is 2.35. The van der Waals surface area contributed by atoms with Crippen LogP contribution in [0.4, 0.5) is 0 Å². The molecule has 1 heterocycles. The fraction of sp³-hybridized carbons (Fsp3) is 0.292. The van der Waals surface area contributed by atoms with Crippen LogP contribution in [0.3, 0.4) is 0 Å². The second-order valence-corrected chi connectivity index (χ2v) is 8.24. The average molecular weight is 421 g/mol. The number of carbonyl (C=O) groups is 2. The lowest BCUT2D eigenvalue weighted by molar-refractivity contribution is -0.133. The summed E-state index contributed by atoms with van der Waals surface area (Å²) in [5.41, 5.74) is 2.26. The number of carbonyl (C=O) groups excluding carboxylic acids is 2. The van der Waals surface area contributed by atoms with Crippen molar-refractivity contribution in [1.29, 1.82) is 0 Å². The monoisotopic (exact) mass is 420 g/mol. The van der Waals surface area contributed by atoms with E-state index in [1.165, 1.54) is 11.3 Å². The van der Waals surface area contributed by atoms with Crippen LogP contribution < -0.4 is 0 Å². The van der Waals surface area contributed by atoms with Crippen molar-refractivity contribution in [2.75, 3.05) is 6.61 Å². The van der Waals surface area contributed by atoms with E-state index in [2.05, 4.69) is 4.98 Å². The van der Waals surface area contributed by atoms with Crippen molar-refractivity contribution in [3.05, 3.63) is 87.9 Å². The highest BCUT2D eigenvalue weighted by atomic mass is 32.1. The first kappa shape index (κ1) is 20.3. The van der Waals surface area contributed by atoms with Gasteiger partial charge in [-0.25, -0.2) is 9.78 Å². The molecule has 5 nitrogen and oxygen atoms in total. The lowest BCUT2D eigenvalue weighted by atomic mass is 9.90. The zero-order valence-corrected chi connectivity index (χ0v) is 17.7. The number of thiazole rings is 1. The van der Waals surface area contributed by atoms with E-state index in [1.54, 1.807) is 12.3 Å². The third kappa shape index (κ3) is 4.60. The summed E-state index contributed by atoms with van der Waals surface area (Å²) < 4.78 is 5.03. The average Bonchev–Trinajstić information content (AvgIpc) is 3.51. The van der Waals surface area contributed by atoms with Gasteiger partial charge in [-0.05, 0) is 30.9 Å². The molecule has 0 radical (unpaired) electrons. The Morgan fingerprint density at radius 3 is 2.20 bits per heavy atom. The number of hydrogen-bond acceptors (Lipinski definition) is 5. The maximum atomic E-state index is 13.8. The SMILES string of the molecule is CCOC(=O)c1csc(CN(C(=O)C(c2ccccc2)c2ccccc2)C2CC2)n1. The van der Waals surface area contributed by atoms with Gasteiger partial charge < -0.3 is 9.64 Å². The molecule has 1 saturated carbocycles. The van der Waals surface area contributed by atoms with Gasteiger partial charge in [0.15, 0.2) is 5.69 Å². The Bertz CT molecular complexity index is 960. The minimum atomic E-state index is -0.421. The standard InChI is InChI=1S/C24H24N2O3S/c1-2-29-24(28)20-16-30-21(25-20)15-26(19-13-14-19)23(27)22(17-9-5-3-6-10-17)18-11-7-4-8-12-18/h3-12,16,19,22H,2,13-15H2,1H3. The molecule has 3 aromatic rings. The maximum Gasteiger partial charge on any atom is 0.357 e. The molecule has 0 N–H and O–H groups in total. The second-order valence-electron chi connectivity index (χ2n) is 7.30. The highest BCUT2D eigenvalue weighted by Gasteiger charge is 2.37. The molecule has 0 atom stereocenters. The third-order valence-corrected chi connectivity index (χ3v) is 5.96. The summed E-state index contributed by atoms with van der Waals surface area (Å²) in [7, 11) is 0. The van der Waals surface area contributed by atoms with Gasteiger partial charge in [0.05, 0.1) is 19.1 Å². The molecule has 1 fully saturated rings. The molecule has 1 aliphatic carbocycles. The molecule has 0 unspecified atom stereocenters. The number of benzene rings is 2. The van der Waals surface area contributed by atoms with Crippen LogP contribution >= 0.6 is 11.3 Å². The zero-order valence-electron chi connectivity index (χ0n) is 16.9. The Kier molecular flexibility index (Phi) is 6.23. The Morgan fingerprint density at radius 2 is 1.67 bits per heavy atom. The maximum absolute atomic E-state index is 13.8. The summed E-state index contributed by atoms with van der Waals surface area (Å²) in [6.07, 6.45) is 2.00. The first-order valence-electron chi connectivity index (χ1n) is 10.2. The number of esters is 1. The minimum absolute atomic E-state index is 0.0720. The van der Waals surface area contributed by atoms with Gasteiger partial charge in [0.25, 0.3) is 0 Å². The smallest absolute Gasteiger partial charge is 0.357 e. The lowest BCUT2D eigenvalue weighted by Crippen LogP contribution is -2.37. The molecule has 30 heavy (non-hydrogen) atoms. The van der Waals surface area contributed by atoms with Crippen LogP contribution in [0.15, 0.2) is 66.0 Å². The first-order valence-corrected chi connectivity index (χ1v) is 11.1. The van der Waals surface area contributed by atoms with Crippen molar-refractivity contribution >= 4 is 23.2 Å². The van der Waals surface area contributed by atoms with Crippen LogP contribution in [-0.2, 0) is 16.1 Å². The van der Waals surface area contributed by atoms with Gasteiger partial charge in [0.1, 0.15) is 5.01 Å². The molecule has 0 spiro atoms. The molecule has 1 amide bonds. The van der Waals surface area contributed by atoms with Crippen LogP contribution in [0.25, 0.3) is 0 Å². The summed E-state index contributed by atoms with van der Waals surface area (Å²) in [6.45, 7) is 2.49. The number of nitrogens with zero attached hydrogens (tertiary/aromatic N) is 2. The predicted octanol–water partition coefficient (Wildman–Crippen LogP) is 4.64. The van der Waals surface area contributed by atoms with E-state index in [4.69, 9.17) is 4.74 Å². The van der Waals surface area contributed by atoms with Crippen molar-refractivity contribution in [3.8, 4) is 0 Å². The van der Waals surface area contributed by atoms with Crippen molar-refractivity contribution in [2.45, 2.75) is 38.3 Å². The predicted molar refractivity (Wildman–Crippen MR) is 116 cm³/mol. The van der Waals surface area contributed by atoms with Gasteiger partial charge >= 0.3 is 5.97 Å². The van der Waals surface area contributed by atoms with Crippen LogP contribution in [0.1, 0.15) is 52.3 Å². The Balaban J connectivity index is 1.61. The van der Waals surface area contributed by atoms with Crippen molar-refractivity contribution in [1.82, 2.24) is 9.88 Å². The molecule has 4 rings (SSSR count). The number of rotatable bonds is 8. The molecule has 154 valence electrons. The quantitative estimate of drug-likeness (QED) is 0.498. The summed E-state index contributed by atoms with van der Waals surface area (Å²) in [6, 6.07) is 20.0. The zero-order chi connectivity index (χ0) is 20.9. The molecule has 1 aliphatic rings. The number of amides is 1. The Labute approximate surface area is 180 Å². The van der Waals surface area contributed by atoms with E-state index in [1.807, 2.05) is 65.6 Å². The fourth-order valence-electron chi connectivity index (χ4n) is 3.54. The van der Waals surface area contributed by atoms with E-state index >= 15 is 0 Å². The van der Waals surface area contributed by atoms with E-state index in [0.717, 1.165) is 29.0 Å². The third-order valence-electron chi connectivity index (χ3n) is 5.13. The molecular weight excluding hydrogens is 396 g/mol. The van der Waals surface area contributed by atoms with Crippen LogP contribution in [-0.4, -0.2) is 34.4 Å². The molecule has 6 heteroatoms. The summed E-state index contributed by atoms with van der Waals surface area (Å²) in [5.74, 6) is -0.712. The summed E-state index contributed by atoms with van der Waals surface area (Å²) >= 11 is 1.39. The molecule has 0 bridgehead atoms. The van der Waals surface area contributed by atoms with E-state index in [0.29, 0.717) is 18.8 Å². The molecule has 2 aromatic carbocycles. The molecule has 0 aliphatic heterocycles. The van der Waals surface area contributed by atoms with E-state index in [9.17, 15) is 9.59 Å². The second kappa shape index (κ2) is 9.22. The molecule has 1 aromatic heterocycles. The van der Waals surface area contributed by atoms with Gasteiger partial charge in [-0.1, -0.05) is 60.7 Å². The van der Waals surface area contributed by atoms with Crippen molar-refractivity contribution in [2.24, 2.45) is 0 Å². The molecule has 0 saturated heterocycles. The van der Waals surface area contributed by atoms with Crippen molar-refractivity contribution < 1.29 is 14.3 Å². The fourth-order valence-corrected chi connectivity index (χ4v) is 4.30. The Hall–Kier alpha value is -2.99. The summed E-state index contributed by atoms with van der Waals surface area (Å²) in [4.78, 5) is 32.1. The van der Waals surface area contributed by atoms with E-state index in [-0.39, 0.29) is 17.9 Å². The first-order chi connectivity index (χ1) is 14.7. The van der Waals surface area contributed by atoms with Gasteiger partial charge in [0, 0.05) is 11.4 Å². The van der Waals surface area contributed by atoms with Gasteiger partial charge in [-0.3, -0.25) is 4.79 Å². The van der Waals surface area contributed by atoms with Crippen LogP contribution in [0, 0.1) is 0 Å². The number of ether oxygens (including phenoxy) is 1. The van der Waals surface area contributed by atoms with Crippen LogP contribution in [0.5, 0.6) is 0 Å². The van der Waals surface area contributed by atoms with Gasteiger partial charge in [0.2, 0.25) is 5.91 Å². The Morgan fingerprint density at radius 1 is 1.07 bits per heavy atom.